The van der Waals surface area contributed by atoms with Gasteiger partial charge in [0.15, 0.2) is 6.29 Å². The summed E-state index contributed by atoms with van der Waals surface area (Å²) in [5, 5.41) is 76.7. The van der Waals surface area contributed by atoms with Gasteiger partial charge in [-0.3, -0.25) is 0 Å². The second-order valence-electron chi connectivity index (χ2n) is 6.01. The maximum absolute atomic E-state index is 10.00. The first-order valence-corrected chi connectivity index (χ1v) is 9.24. The molecule has 15 nitrogen and oxygen atoms in total. The zero-order valence-corrected chi connectivity index (χ0v) is 24.0. The van der Waals surface area contributed by atoms with E-state index in [1.807, 2.05) is 0 Å². The van der Waals surface area contributed by atoms with E-state index in [1.54, 1.807) is 0 Å². The molecule has 2 heterocycles. The molecule has 19 heteroatoms. The van der Waals surface area contributed by atoms with Crippen molar-refractivity contribution >= 4 is 7.82 Å². The molecule has 0 amide bonds. The normalized spacial score (nSPS) is 39.8. The Kier molecular flexibility index (Phi) is 20.2. The van der Waals surface area contributed by atoms with E-state index < -0.39 is 82.4 Å². The van der Waals surface area contributed by atoms with Gasteiger partial charge < -0.3 is 74.3 Å². The van der Waals surface area contributed by atoms with Crippen molar-refractivity contribution in [2.45, 2.75) is 54.8 Å². The SMILES string of the molecule is O=P([O-])([O-])[O-].OC[C@H]1O[C@@](CO)(O[C@H]2O[C@H](CO)[C@@H](O)[C@H](O)[C@H]2O)[C@@H](O)[C@@H]1O.[Na+].[Na+].[Na+]. The van der Waals surface area contributed by atoms with Gasteiger partial charge in [-0.15, -0.1) is 0 Å². The van der Waals surface area contributed by atoms with E-state index in [-0.39, 0.29) is 88.7 Å². The van der Waals surface area contributed by atoms with Crippen LogP contribution in [0.15, 0.2) is 0 Å². The van der Waals surface area contributed by atoms with Gasteiger partial charge in [0.2, 0.25) is 5.79 Å². The van der Waals surface area contributed by atoms with Crippen molar-refractivity contribution in [3.8, 4) is 0 Å². The smallest absolute Gasteiger partial charge is 0.822 e. The van der Waals surface area contributed by atoms with Gasteiger partial charge in [-0.05, 0) is 0 Å². The molecule has 0 bridgehead atoms. The topological polar surface area (TPSA) is 276 Å². The predicted octanol–water partition coefficient (Wildman–Crippen LogP) is -17.2. The Morgan fingerprint density at radius 3 is 1.61 bits per heavy atom. The van der Waals surface area contributed by atoms with Gasteiger partial charge in [0.05, 0.1) is 13.2 Å². The van der Waals surface area contributed by atoms with Crippen LogP contribution >= 0.6 is 7.82 Å². The first-order valence-electron chi connectivity index (χ1n) is 7.78. The summed E-state index contributed by atoms with van der Waals surface area (Å²) in [6.07, 6.45) is -12.7. The Balaban J connectivity index is -0.000000883. The molecule has 168 valence electrons. The maximum atomic E-state index is 10.00. The average molecular weight is 506 g/mol. The van der Waals surface area contributed by atoms with Crippen LogP contribution in [0.4, 0.5) is 0 Å². The quantitative estimate of drug-likeness (QED) is 0.127. The van der Waals surface area contributed by atoms with Crippen LogP contribution < -0.4 is 103 Å². The number of aliphatic hydroxyl groups excluding tert-OH is 8. The second-order valence-corrected chi connectivity index (χ2v) is 6.90. The minimum absolute atomic E-state index is 0. The number of phosphoric acid groups is 1. The molecule has 2 rings (SSSR count). The van der Waals surface area contributed by atoms with E-state index in [0.29, 0.717) is 0 Å². The van der Waals surface area contributed by atoms with Crippen molar-refractivity contribution < 1.29 is 163 Å². The molecule has 0 saturated carbocycles. The van der Waals surface area contributed by atoms with E-state index in [2.05, 4.69) is 0 Å². The van der Waals surface area contributed by atoms with E-state index in [0.717, 1.165) is 0 Å². The van der Waals surface area contributed by atoms with Gasteiger partial charge in [0.1, 0.15) is 49.3 Å². The standard InChI is InChI=1S/C12H22O11.3Na.H3O4P/c13-1-4-6(16)8(18)9(19)11(21-4)23-12(3-15)10(20)7(17)5(2-14)22-12;;;;1-5(2,3)4/h4-11,13-20H,1-3H2;;;;(H3,1,2,3,4)/q;3*+1;/p-3/t4-,5-,6-,7-,8+,9-,10+,11-,12+;;;;/m1..../s1. The van der Waals surface area contributed by atoms with Crippen LogP contribution in [0.2, 0.25) is 0 Å². The molecule has 2 fully saturated rings. The minimum atomic E-state index is -5.39. The summed E-state index contributed by atoms with van der Waals surface area (Å²) in [6.45, 7) is -2.32. The predicted molar refractivity (Wildman–Crippen MR) is 76.2 cm³/mol. The van der Waals surface area contributed by atoms with Crippen LogP contribution in [0.5, 0.6) is 0 Å². The Morgan fingerprint density at radius 1 is 0.806 bits per heavy atom. The summed E-state index contributed by atoms with van der Waals surface area (Å²) >= 11 is 0. The minimum Gasteiger partial charge on any atom is -0.822 e. The molecule has 31 heavy (non-hydrogen) atoms. The van der Waals surface area contributed by atoms with E-state index in [9.17, 15) is 30.6 Å². The largest absolute Gasteiger partial charge is 1.00 e. The zero-order chi connectivity index (χ0) is 21.9. The fraction of sp³-hybridized carbons (Fsp3) is 1.00. The molecule has 2 saturated heterocycles. The number of ether oxygens (including phenoxy) is 3. The number of hydrogen-bond donors (Lipinski definition) is 8. The summed E-state index contributed by atoms with van der Waals surface area (Å²) in [5.74, 6) is -2.22. The molecular formula is C12H22Na3O15P. The molecule has 0 aromatic rings. The molecule has 0 aromatic carbocycles. The zero-order valence-electron chi connectivity index (χ0n) is 17.1. The average Bonchev–Trinajstić information content (AvgIpc) is 2.86. The Labute approximate surface area is 243 Å². The summed E-state index contributed by atoms with van der Waals surface area (Å²) < 4.78 is 24.0. The van der Waals surface area contributed by atoms with Gasteiger partial charge in [-0.2, -0.15) is 7.82 Å². The third-order valence-corrected chi connectivity index (χ3v) is 4.07. The van der Waals surface area contributed by atoms with Crippen LogP contribution in [-0.4, -0.2) is 115 Å². The van der Waals surface area contributed by atoms with E-state index in [1.165, 1.54) is 0 Å². The van der Waals surface area contributed by atoms with Crippen molar-refractivity contribution in [1.82, 2.24) is 0 Å². The molecule has 2 aliphatic heterocycles. The maximum Gasteiger partial charge on any atom is 1.00 e. The third-order valence-electron chi connectivity index (χ3n) is 4.07. The molecule has 0 aliphatic carbocycles. The first-order chi connectivity index (χ1) is 12.8. The van der Waals surface area contributed by atoms with Crippen molar-refractivity contribution in [3.63, 3.8) is 0 Å². The summed E-state index contributed by atoms with van der Waals surface area (Å²) in [6, 6.07) is 0. The Hall–Kier alpha value is 2.67. The second kappa shape index (κ2) is 16.4. The van der Waals surface area contributed by atoms with Gasteiger partial charge in [-0.25, -0.2) is 0 Å². The molecular weight excluding hydrogens is 484 g/mol. The number of aliphatic hydroxyl groups is 8. The van der Waals surface area contributed by atoms with E-state index >= 15 is 0 Å². The van der Waals surface area contributed by atoms with Gasteiger partial charge >= 0.3 is 88.7 Å². The molecule has 0 spiro atoms. The summed E-state index contributed by atoms with van der Waals surface area (Å²) in [7, 11) is -5.39. The van der Waals surface area contributed by atoms with Gasteiger partial charge in [0.25, 0.3) is 0 Å². The third kappa shape index (κ3) is 10.7. The fourth-order valence-corrected chi connectivity index (χ4v) is 2.63. The van der Waals surface area contributed by atoms with Crippen LogP contribution in [0.25, 0.3) is 0 Å². The van der Waals surface area contributed by atoms with Crippen molar-refractivity contribution in [1.29, 1.82) is 0 Å². The monoisotopic (exact) mass is 506 g/mol. The van der Waals surface area contributed by atoms with Gasteiger partial charge in [0, 0.05) is 0 Å². The van der Waals surface area contributed by atoms with Crippen LogP contribution in [0.1, 0.15) is 0 Å². The molecule has 0 radical (unpaired) electrons. The molecule has 9 atom stereocenters. The van der Waals surface area contributed by atoms with Crippen molar-refractivity contribution in [2.75, 3.05) is 19.8 Å². The molecule has 8 N–H and O–H groups in total. The van der Waals surface area contributed by atoms with Crippen LogP contribution in [-0.2, 0) is 18.8 Å². The van der Waals surface area contributed by atoms with E-state index in [4.69, 9.17) is 43.7 Å². The molecule has 2 aliphatic rings. The number of hydrogen-bond acceptors (Lipinski definition) is 15. The number of rotatable bonds is 5. The summed E-state index contributed by atoms with van der Waals surface area (Å²) in [4.78, 5) is 25.6. The molecule has 0 unspecified atom stereocenters. The van der Waals surface area contributed by atoms with Crippen LogP contribution in [0, 0.1) is 0 Å². The first kappa shape index (κ1) is 38.2. The van der Waals surface area contributed by atoms with Gasteiger partial charge in [-0.1, -0.05) is 0 Å². The Morgan fingerprint density at radius 2 is 1.26 bits per heavy atom. The Bertz CT molecular complexity index is 533. The molecule has 0 aromatic heterocycles. The van der Waals surface area contributed by atoms with Crippen molar-refractivity contribution in [3.05, 3.63) is 0 Å². The fourth-order valence-electron chi connectivity index (χ4n) is 2.63. The summed E-state index contributed by atoms with van der Waals surface area (Å²) in [5.41, 5.74) is 0. The van der Waals surface area contributed by atoms with Crippen LogP contribution in [0.3, 0.4) is 0 Å². The van der Waals surface area contributed by atoms with Crippen molar-refractivity contribution in [2.24, 2.45) is 0 Å².